The van der Waals surface area contributed by atoms with Crippen LogP contribution in [0.4, 0.5) is 0 Å². The summed E-state index contributed by atoms with van der Waals surface area (Å²) in [6.45, 7) is 7.41. The van der Waals surface area contributed by atoms with Crippen LogP contribution in [0.15, 0.2) is 34.5 Å². The van der Waals surface area contributed by atoms with Crippen molar-refractivity contribution in [2.24, 2.45) is 11.8 Å². The van der Waals surface area contributed by atoms with Crippen LogP contribution >= 0.6 is 11.3 Å². The molecule has 28 heavy (non-hydrogen) atoms. The molecule has 1 saturated heterocycles. The smallest absolute Gasteiger partial charge is 0.243 e. The van der Waals surface area contributed by atoms with Gasteiger partial charge in [0.15, 0.2) is 0 Å². The van der Waals surface area contributed by atoms with Crippen molar-refractivity contribution < 1.29 is 13.2 Å². The maximum Gasteiger partial charge on any atom is 0.243 e. The molecule has 1 aliphatic rings. The maximum absolute atomic E-state index is 12.8. The minimum Gasteiger partial charge on any atom is -0.299 e. The first-order valence-electron chi connectivity index (χ1n) is 9.82. The van der Waals surface area contributed by atoms with E-state index in [-0.39, 0.29) is 5.78 Å². The summed E-state index contributed by atoms with van der Waals surface area (Å²) in [5, 5.41) is 2.73. The number of benzene rings is 1. The monoisotopic (exact) mass is 420 g/mol. The molecule has 0 spiro atoms. The van der Waals surface area contributed by atoms with Gasteiger partial charge in [-0.05, 0) is 36.8 Å². The molecule has 1 aromatic carbocycles. The van der Waals surface area contributed by atoms with E-state index in [1.165, 1.54) is 11.3 Å². The van der Waals surface area contributed by atoms with Crippen molar-refractivity contribution in [3.05, 3.63) is 34.7 Å². The minimum absolute atomic E-state index is 0.202. The van der Waals surface area contributed by atoms with E-state index < -0.39 is 10.0 Å². The lowest BCUT2D eigenvalue weighted by molar-refractivity contribution is -0.119. The van der Waals surface area contributed by atoms with Gasteiger partial charge in [-0.2, -0.15) is 4.31 Å². The van der Waals surface area contributed by atoms with Gasteiger partial charge in [-0.15, -0.1) is 11.3 Å². The molecule has 152 valence electrons. The number of carbonyl (C=O) groups is 1. The highest BCUT2D eigenvalue weighted by molar-refractivity contribution is 7.89. The molecule has 2 aromatic rings. The Labute approximate surface area is 171 Å². The summed E-state index contributed by atoms with van der Waals surface area (Å²) in [5.74, 6) is 1.14. The predicted octanol–water partition coefficient (Wildman–Crippen LogP) is 4.39. The van der Waals surface area contributed by atoms with E-state index in [0.29, 0.717) is 42.7 Å². The van der Waals surface area contributed by atoms with Crippen LogP contribution in [0.5, 0.6) is 0 Å². The number of hydrogen-bond acceptors (Lipinski definition) is 5. The quantitative estimate of drug-likeness (QED) is 0.666. The lowest BCUT2D eigenvalue weighted by Crippen LogP contribution is -2.37. The molecular formula is C21H28N2O3S2. The third-order valence-electron chi connectivity index (χ3n) is 5.07. The second-order valence-electron chi connectivity index (χ2n) is 8.05. The Kier molecular flexibility index (Phi) is 6.68. The topological polar surface area (TPSA) is 67.3 Å². The minimum atomic E-state index is -3.44. The number of aromatic nitrogens is 1. The first-order chi connectivity index (χ1) is 13.3. The zero-order valence-electron chi connectivity index (χ0n) is 16.7. The molecule has 0 unspecified atom stereocenters. The van der Waals surface area contributed by atoms with Gasteiger partial charge in [-0.3, -0.25) is 4.79 Å². The second kappa shape index (κ2) is 8.84. The van der Waals surface area contributed by atoms with Gasteiger partial charge >= 0.3 is 0 Å². The van der Waals surface area contributed by atoms with Crippen molar-refractivity contribution in [1.29, 1.82) is 0 Å². The Morgan fingerprint density at radius 2 is 1.86 bits per heavy atom. The molecule has 0 bridgehead atoms. The van der Waals surface area contributed by atoms with Gasteiger partial charge in [0.2, 0.25) is 10.0 Å². The van der Waals surface area contributed by atoms with E-state index in [4.69, 9.17) is 0 Å². The van der Waals surface area contributed by atoms with Crippen LogP contribution in [-0.4, -0.2) is 36.6 Å². The number of nitrogens with zero attached hydrogens (tertiary/aromatic N) is 2. The van der Waals surface area contributed by atoms with Crippen molar-refractivity contribution in [1.82, 2.24) is 9.29 Å². The number of ketones is 1. The summed E-state index contributed by atoms with van der Waals surface area (Å²) < 4.78 is 27.2. The Morgan fingerprint density at radius 3 is 2.46 bits per heavy atom. The van der Waals surface area contributed by atoms with Crippen LogP contribution in [0.25, 0.3) is 11.3 Å². The van der Waals surface area contributed by atoms with Crippen molar-refractivity contribution in [3.8, 4) is 11.3 Å². The van der Waals surface area contributed by atoms with Gasteiger partial charge in [-0.1, -0.05) is 32.9 Å². The van der Waals surface area contributed by atoms with Gasteiger partial charge in [0.25, 0.3) is 0 Å². The molecule has 0 N–H and O–H groups in total. The van der Waals surface area contributed by atoms with Crippen LogP contribution in [0.2, 0.25) is 0 Å². The molecule has 1 aliphatic heterocycles. The summed E-state index contributed by atoms with van der Waals surface area (Å²) >= 11 is 1.47. The van der Waals surface area contributed by atoms with Gasteiger partial charge in [-0.25, -0.2) is 13.4 Å². The van der Waals surface area contributed by atoms with Crippen LogP contribution in [-0.2, 0) is 21.2 Å². The lowest BCUT2D eigenvalue weighted by atomic mass is 10.0. The molecule has 2 heterocycles. The SMILES string of the molecule is CC(C)CC(=O)Cc1nc(-c2ccc(S(=O)(=O)N3CCC(C)CC3)cc2)cs1. The largest absolute Gasteiger partial charge is 0.299 e. The molecule has 0 atom stereocenters. The average Bonchev–Trinajstić information content (AvgIpc) is 3.10. The molecule has 0 amide bonds. The zero-order valence-corrected chi connectivity index (χ0v) is 18.4. The summed E-state index contributed by atoms with van der Waals surface area (Å²) in [7, 11) is -3.44. The number of thiazole rings is 1. The Morgan fingerprint density at radius 1 is 1.21 bits per heavy atom. The van der Waals surface area contributed by atoms with E-state index in [0.717, 1.165) is 29.1 Å². The van der Waals surface area contributed by atoms with Crippen LogP contribution in [0.3, 0.4) is 0 Å². The van der Waals surface area contributed by atoms with Gasteiger partial charge in [0.05, 0.1) is 17.0 Å². The van der Waals surface area contributed by atoms with E-state index in [1.807, 2.05) is 19.2 Å². The van der Waals surface area contributed by atoms with Gasteiger partial charge in [0, 0.05) is 30.5 Å². The first kappa shape index (κ1) is 21.1. The van der Waals surface area contributed by atoms with E-state index >= 15 is 0 Å². The molecule has 1 fully saturated rings. The fraction of sp³-hybridized carbons (Fsp3) is 0.524. The van der Waals surface area contributed by atoms with Crippen LogP contribution < -0.4 is 0 Å². The fourth-order valence-electron chi connectivity index (χ4n) is 3.39. The van der Waals surface area contributed by atoms with Crippen molar-refractivity contribution >= 4 is 27.1 Å². The standard InChI is InChI=1S/C21H28N2O3S2/c1-15(2)12-18(24)13-21-22-20(14-27-21)17-4-6-19(7-5-17)28(25,26)23-10-8-16(3)9-11-23/h4-7,14-16H,8-13H2,1-3H3. The highest BCUT2D eigenvalue weighted by Crippen LogP contribution is 2.27. The first-order valence-corrected chi connectivity index (χ1v) is 12.1. The predicted molar refractivity (Wildman–Crippen MR) is 113 cm³/mol. The van der Waals surface area contributed by atoms with Crippen molar-refractivity contribution in [3.63, 3.8) is 0 Å². The number of sulfonamides is 1. The summed E-state index contributed by atoms with van der Waals surface area (Å²) in [5.41, 5.74) is 1.65. The Balaban J connectivity index is 1.70. The molecule has 1 aromatic heterocycles. The number of carbonyl (C=O) groups excluding carboxylic acids is 1. The molecule has 3 rings (SSSR count). The molecule has 0 aliphatic carbocycles. The van der Waals surface area contributed by atoms with Crippen molar-refractivity contribution in [2.75, 3.05) is 13.1 Å². The van der Waals surface area contributed by atoms with E-state index in [1.54, 1.807) is 28.6 Å². The van der Waals surface area contributed by atoms with Crippen molar-refractivity contribution in [2.45, 2.75) is 51.3 Å². The molecular weight excluding hydrogens is 392 g/mol. The summed E-state index contributed by atoms with van der Waals surface area (Å²) in [6, 6.07) is 6.92. The molecule has 7 heteroatoms. The van der Waals surface area contributed by atoms with Crippen LogP contribution in [0, 0.1) is 11.8 Å². The Bertz CT molecular complexity index is 909. The second-order valence-corrected chi connectivity index (χ2v) is 10.9. The maximum atomic E-state index is 12.8. The highest BCUT2D eigenvalue weighted by Gasteiger charge is 2.28. The number of hydrogen-bond donors (Lipinski definition) is 0. The van der Waals surface area contributed by atoms with Gasteiger partial charge < -0.3 is 0 Å². The van der Waals surface area contributed by atoms with E-state index in [2.05, 4.69) is 11.9 Å². The Hall–Kier alpha value is -1.57. The molecule has 5 nitrogen and oxygen atoms in total. The third kappa shape index (κ3) is 5.07. The molecule has 0 saturated carbocycles. The third-order valence-corrected chi connectivity index (χ3v) is 7.83. The number of Topliss-reactive ketones (excluding diaryl/α,β-unsaturated/α-hetero) is 1. The number of piperidine rings is 1. The zero-order chi connectivity index (χ0) is 20.3. The molecule has 0 radical (unpaired) electrons. The summed E-state index contributed by atoms with van der Waals surface area (Å²) in [6.07, 6.45) is 2.75. The summed E-state index contributed by atoms with van der Waals surface area (Å²) in [4.78, 5) is 16.9. The average molecular weight is 421 g/mol. The van der Waals surface area contributed by atoms with Gasteiger partial charge in [0.1, 0.15) is 10.8 Å². The lowest BCUT2D eigenvalue weighted by Gasteiger charge is -2.29. The van der Waals surface area contributed by atoms with Crippen LogP contribution in [0.1, 0.15) is 45.0 Å². The highest BCUT2D eigenvalue weighted by atomic mass is 32.2. The normalized spacial score (nSPS) is 16.6. The van der Waals surface area contributed by atoms with E-state index in [9.17, 15) is 13.2 Å². The fourth-order valence-corrected chi connectivity index (χ4v) is 5.69. The number of rotatable bonds is 7.